The molecule has 2 heterocycles. The summed E-state index contributed by atoms with van der Waals surface area (Å²) in [4.78, 5) is 16.6. The van der Waals surface area contributed by atoms with Crippen LogP contribution in [-0.4, -0.2) is 27.1 Å². The quantitative estimate of drug-likeness (QED) is 0.354. The van der Waals surface area contributed by atoms with Gasteiger partial charge >= 0.3 is 12.3 Å². The number of halogens is 3. The summed E-state index contributed by atoms with van der Waals surface area (Å²) in [6, 6.07) is 15.8. The lowest BCUT2D eigenvalue weighted by Crippen LogP contribution is -2.17. The van der Waals surface area contributed by atoms with Crippen molar-refractivity contribution in [2.24, 2.45) is 0 Å². The fraction of sp³-hybridized carbons (Fsp3) is 0.0952. The number of aromatic nitrogens is 3. The predicted octanol–water partition coefficient (Wildman–Crippen LogP) is 4.60. The maximum absolute atomic E-state index is 12.5. The zero-order valence-electron chi connectivity index (χ0n) is 15.3. The molecule has 30 heavy (non-hydrogen) atoms. The van der Waals surface area contributed by atoms with E-state index in [0.29, 0.717) is 22.2 Å². The van der Waals surface area contributed by atoms with Crippen LogP contribution < -0.4 is 9.47 Å². The number of para-hydroxylation sites is 1. The number of hydrogen-bond acceptors (Lipinski definition) is 5. The molecule has 6 nitrogen and oxygen atoms in total. The Labute approximate surface area is 168 Å². The Morgan fingerprint density at radius 1 is 1.00 bits per heavy atom. The molecule has 0 saturated heterocycles. The monoisotopic (exact) mass is 413 g/mol. The number of alkyl halides is 3. The van der Waals surface area contributed by atoms with Crippen LogP contribution >= 0.6 is 0 Å². The van der Waals surface area contributed by atoms with Crippen LogP contribution in [0, 0.1) is 0 Å². The number of nitrogens with zero attached hydrogens (tertiary/aromatic N) is 3. The SMILES string of the molecule is O=C(Oc1ccccc1)c1nccc2nn(Cc3cccc(OC(F)(F)F)c3)cc12. The zero-order chi connectivity index (χ0) is 21.1. The van der Waals surface area contributed by atoms with Crippen molar-refractivity contribution >= 4 is 16.9 Å². The van der Waals surface area contributed by atoms with Crippen LogP contribution in [0.5, 0.6) is 11.5 Å². The molecule has 0 unspecified atom stereocenters. The van der Waals surface area contributed by atoms with E-state index in [2.05, 4.69) is 14.8 Å². The van der Waals surface area contributed by atoms with Gasteiger partial charge in [-0.25, -0.2) is 9.78 Å². The minimum absolute atomic E-state index is 0.0942. The first kappa shape index (κ1) is 19.4. The molecule has 4 rings (SSSR count). The zero-order valence-corrected chi connectivity index (χ0v) is 15.3. The van der Waals surface area contributed by atoms with Gasteiger partial charge in [-0.1, -0.05) is 30.3 Å². The number of rotatable bonds is 5. The molecule has 9 heteroatoms. The second kappa shape index (κ2) is 7.86. The van der Waals surface area contributed by atoms with Crippen LogP contribution in [0.3, 0.4) is 0 Å². The summed E-state index contributed by atoms with van der Waals surface area (Å²) in [7, 11) is 0. The van der Waals surface area contributed by atoms with Gasteiger partial charge < -0.3 is 9.47 Å². The van der Waals surface area contributed by atoms with E-state index >= 15 is 0 Å². The number of esters is 1. The minimum Gasteiger partial charge on any atom is -0.422 e. The van der Waals surface area contributed by atoms with Gasteiger partial charge in [0.25, 0.3) is 0 Å². The first-order valence-electron chi connectivity index (χ1n) is 8.81. The van der Waals surface area contributed by atoms with E-state index < -0.39 is 12.3 Å². The maximum Gasteiger partial charge on any atom is 0.573 e. The fourth-order valence-electron chi connectivity index (χ4n) is 2.91. The number of ether oxygens (including phenoxy) is 2. The van der Waals surface area contributed by atoms with Gasteiger partial charge in [-0.05, 0) is 35.9 Å². The van der Waals surface area contributed by atoms with Crippen LogP contribution in [0.1, 0.15) is 16.1 Å². The van der Waals surface area contributed by atoms with Crippen molar-refractivity contribution in [1.29, 1.82) is 0 Å². The van der Waals surface area contributed by atoms with Crippen LogP contribution in [0.25, 0.3) is 10.9 Å². The van der Waals surface area contributed by atoms with Gasteiger partial charge in [-0.3, -0.25) is 4.68 Å². The van der Waals surface area contributed by atoms with E-state index in [0.717, 1.165) is 0 Å². The summed E-state index contributed by atoms with van der Waals surface area (Å²) in [5.74, 6) is -0.562. The number of fused-ring (bicyclic) bond motifs is 1. The Hall–Kier alpha value is -3.88. The Kier molecular flexibility index (Phi) is 5.09. The highest BCUT2D eigenvalue weighted by molar-refractivity contribution is 6.02. The Morgan fingerprint density at radius 3 is 2.53 bits per heavy atom. The average Bonchev–Trinajstić information content (AvgIpc) is 3.10. The second-order valence-corrected chi connectivity index (χ2v) is 6.32. The molecule has 0 spiro atoms. The lowest BCUT2D eigenvalue weighted by atomic mass is 10.2. The molecular formula is C21H14F3N3O3. The first-order chi connectivity index (χ1) is 14.4. The topological polar surface area (TPSA) is 66.2 Å². The van der Waals surface area contributed by atoms with E-state index in [9.17, 15) is 18.0 Å². The summed E-state index contributed by atoms with van der Waals surface area (Å²) in [5.41, 5.74) is 1.15. The van der Waals surface area contributed by atoms with Gasteiger partial charge in [-0.2, -0.15) is 5.10 Å². The molecule has 0 fully saturated rings. The average molecular weight is 413 g/mol. The predicted molar refractivity (Wildman–Crippen MR) is 101 cm³/mol. The van der Waals surface area contributed by atoms with Crippen molar-refractivity contribution in [2.45, 2.75) is 12.9 Å². The van der Waals surface area contributed by atoms with E-state index in [4.69, 9.17) is 4.74 Å². The molecule has 0 N–H and O–H groups in total. The third-order valence-corrected chi connectivity index (χ3v) is 4.11. The molecule has 0 radical (unpaired) electrons. The van der Waals surface area contributed by atoms with Gasteiger partial charge in [0.1, 0.15) is 11.5 Å². The smallest absolute Gasteiger partial charge is 0.422 e. The van der Waals surface area contributed by atoms with Crippen molar-refractivity contribution in [3.8, 4) is 11.5 Å². The summed E-state index contributed by atoms with van der Waals surface area (Å²) >= 11 is 0. The highest BCUT2D eigenvalue weighted by Crippen LogP contribution is 2.24. The summed E-state index contributed by atoms with van der Waals surface area (Å²) in [5, 5.41) is 4.84. The molecule has 0 bridgehead atoms. The Bertz CT molecular complexity index is 1190. The molecule has 0 amide bonds. The summed E-state index contributed by atoms with van der Waals surface area (Å²) < 4.78 is 48.1. The molecular weight excluding hydrogens is 399 g/mol. The van der Waals surface area contributed by atoms with E-state index in [-0.39, 0.29) is 18.0 Å². The molecule has 152 valence electrons. The van der Waals surface area contributed by atoms with Crippen molar-refractivity contribution < 1.29 is 27.4 Å². The third kappa shape index (κ3) is 4.57. The number of pyridine rings is 1. The van der Waals surface area contributed by atoms with Gasteiger partial charge in [0.05, 0.1) is 17.4 Å². The van der Waals surface area contributed by atoms with Gasteiger partial charge in [-0.15, -0.1) is 13.2 Å². The minimum atomic E-state index is -4.77. The second-order valence-electron chi connectivity index (χ2n) is 6.32. The van der Waals surface area contributed by atoms with Crippen LogP contribution in [0.2, 0.25) is 0 Å². The summed E-state index contributed by atoms with van der Waals surface area (Å²) in [6.45, 7) is 0.177. The van der Waals surface area contributed by atoms with Crippen molar-refractivity contribution in [2.75, 3.05) is 0 Å². The van der Waals surface area contributed by atoms with Crippen LogP contribution in [0.15, 0.2) is 73.1 Å². The molecule has 0 aliphatic rings. The van der Waals surface area contributed by atoms with Crippen molar-refractivity contribution in [3.05, 3.63) is 84.3 Å². The van der Waals surface area contributed by atoms with Gasteiger partial charge in [0.2, 0.25) is 0 Å². The standard InChI is InChI=1S/C21H14F3N3O3/c22-21(23,24)30-16-8-4-5-14(11-16)12-27-13-17-18(26-27)9-10-25-19(17)20(28)29-15-6-2-1-3-7-15/h1-11,13H,12H2. The van der Waals surface area contributed by atoms with E-state index in [1.54, 1.807) is 48.7 Å². The summed E-state index contributed by atoms with van der Waals surface area (Å²) in [6.07, 6.45) is -1.72. The van der Waals surface area contributed by atoms with Crippen LogP contribution in [-0.2, 0) is 6.54 Å². The molecule has 0 aliphatic carbocycles. The highest BCUT2D eigenvalue weighted by atomic mass is 19.4. The third-order valence-electron chi connectivity index (χ3n) is 4.11. The first-order valence-corrected chi connectivity index (χ1v) is 8.81. The largest absolute Gasteiger partial charge is 0.573 e. The van der Waals surface area contributed by atoms with Crippen molar-refractivity contribution in [3.63, 3.8) is 0 Å². The van der Waals surface area contributed by atoms with Crippen LogP contribution in [0.4, 0.5) is 13.2 Å². The molecule has 2 aromatic heterocycles. The lowest BCUT2D eigenvalue weighted by Gasteiger charge is -2.10. The van der Waals surface area contributed by atoms with Gasteiger partial charge in [0.15, 0.2) is 5.69 Å². The van der Waals surface area contributed by atoms with Gasteiger partial charge in [0, 0.05) is 12.4 Å². The molecule has 0 atom stereocenters. The number of benzene rings is 2. The lowest BCUT2D eigenvalue weighted by molar-refractivity contribution is -0.274. The van der Waals surface area contributed by atoms with Crippen molar-refractivity contribution in [1.82, 2.24) is 14.8 Å². The Morgan fingerprint density at radius 2 is 1.77 bits per heavy atom. The molecule has 0 aliphatic heterocycles. The number of carbonyl (C=O) groups is 1. The fourth-order valence-corrected chi connectivity index (χ4v) is 2.91. The molecule has 0 saturated carbocycles. The number of carbonyl (C=O) groups excluding carboxylic acids is 1. The molecule has 4 aromatic rings. The molecule has 2 aromatic carbocycles. The van der Waals surface area contributed by atoms with E-state index in [1.165, 1.54) is 29.1 Å². The normalized spacial score (nSPS) is 11.4. The number of hydrogen-bond donors (Lipinski definition) is 0. The maximum atomic E-state index is 12.5. The highest BCUT2D eigenvalue weighted by Gasteiger charge is 2.31. The Balaban J connectivity index is 1.58. The van der Waals surface area contributed by atoms with E-state index in [1.807, 2.05) is 0 Å².